The van der Waals surface area contributed by atoms with Crippen LogP contribution in [0.15, 0.2) is 12.2 Å². The summed E-state index contributed by atoms with van der Waals surface area (Å²) < 4.78 is 5.50. The van der Waals surface area contributed by atoms with E-state index in [1.165, 1.54) is 302 Å². The van der Waals surface area contributed by atoms with Crippen molar-refractivity contribution in [1.82, 2.24) is 5.32 Å². The number of aliphatic hydroxyl groups is 2. The van der Waals surface area contributed by atoms with Crippen molar-refractivity contribution in [2.24, 2.45) is 0 Å². The first-order valence-electron chi connectivity index (χ1n) is 33.9. The van der Waals surface area contributed by atoms with Crippen molar-refractivity contribution in [1.29, 1.82) is 0 Å². The van der Waals surface area contributed by atoms with E-state index < -0.39 is 12.1 Å². The molecule has 74 heavy (non-hydrogen) atoms. The van der Waals surface area contributed by atoms with Crippen LogP contribution in [0.1, 0.15) is 386 Å². The largest absolute Gasteiger partial charge is 0.466 e. The minimum Gasteiger partial charge on any atom is -0.466 e. The van der Waals surface area contributed by atoms with Crippen LogP contribution in [0.3, 0.4) is 0 Å². The van der Waals surface area contributed by atoms with Gasteiger partial charge in [0.15, 0.2) is 0 Å². The summed E-state index contributed by atoms with van der Waals surface area (Å²) in [6.45, 7) is 4.98. The van der Waals surface area contributed by atoms with Crippen molar-refractivity contribution in [3.63, 3.8) is 0 Å². The van der Waals surface area contributed by atoms with Crippen molar-refractivity contribution in [2.45, 2.75) is 398 Å². The van der Waals surface area contributed by atoms with Gasteiger partial charge in [0.25, 0.3) is 0 Å². The first-order chi connectivity index (χ1) is 36.5. The minimum atomic E-state index is -0.673. The van der Waals surface area contributed by atoms with Gasteiger partial charge >= 0.3 is 5.97 Å². The van der Waals surface area contributed by atoms with E-state index in [1.807, 2.05) is 0 Å². The standard InChI is InChI=1S/C68H133NO5/c1-3-5-7-9-11-13-15-17-19-21-23-24-26-28-32-36-40-44-48-52-56-60-66(71)65(64-70)69-67(72)61-57-53-49-45-41-37-33-29-27-31-35-39-43-47-51-55-59-63-74-68(73)62-58-54-50-46-42-38-34-30-25-22-20-18-16-14-12-10-8-6-4-2/h27,31,65-66,70-71H,3-26,28-30,32-64H2,1-2H3,(H,69,72)/b31-27-. The van der Waals surface area contributed by atoms with E-state index in [-0.39, 0.29) is 18.5 Å². The fourth-order valence-electron chi connectivity index (χ4n) is 10.9. The summed E-state index contributed by atoms with van der Waals surface area (Å²) in [7, 11) is 0. The number of hydrogen-bond donors (Lipinski definition) is 3. The summed E-state index contributed by atoms with van der Waals surface area (Å²) in [5.41, 5.74) is 0. The molecule has 0 bridgehead atoms. The molecule has 0 aliphatic rings. The van der Waals surface area contributed by atoms with Gasteiger partial charge in [-0.3, -0.25) is 9.59 Å². The number of nitrogens with one attached hydrogen (secondary N) is 1. The van der Waals surface area contributed by atoms with E-state index in [2.05, 4.69) is 31.3 Å². The highest BCUT2D eigenvalue weighted by Gasteiger charge is 2.20. The molecule has 0 radical (unpaired) electrons. The first-order valence-corrected chi connectivity index (χ1v) is 33.9. The minimum absolute atomic E-state index is 0.00430. The lowest BCUT2D eigenvalue weighted by Gasteiger charge is -2.22. The maximum Gasteiger partial charge on any atom is 0.305 e. The number of aliphatic hydroxyl groups excluding tert-OH is 2. The molecule has 0 spiro atoms. The lowest BCUT2D eigenvalue weighted by atomic mass is 10.0. The second-order valence-electron chi connectivity index (χ2n) is 23.5. The molecule has 0 saturated carbocycles. The molecule has 3 N–H and O–H groups in total. The van der Waals surface area contributed by atoms with E-state index in [0.29, 0.717) is 25.9 Å². The first kappa shape index (κ1) is 72.6. The highest BCUT2D eigenvalue weighted by Crippen LogP contribution is 2.19. The molecule has 0 aromatic rings. The molecule has 0 heterocycles. The number of esters is 1. The quantitative estimate of drug-likeness (QED) is 0.0320. The van der Waals surface area contributed by atoms with Gasteiger partial charge in [-0.15, -0.1) is 0 Å². The zero-order chi connectivity index (χ0) is 53.6. The summed E-state index contributed by atoms with van der Waals surface area (Å²) in [5.74, 6) is -0.0381. The molecule has 6 heteroatoms. The monoisotopic (exact) mass is 1040 g/mol. The maximum atomic E-state index is 12.5. The van der Waals surface area contributed by atoms with Crippen LogP contribution in [0.4, 0.5) is 0 Å². The molecule has 0 saturated heterocycles. The van der Waals surface area contributed by atoms with E-state index >= 15 is 0 Å². The van der Waals surface area contributed by atoms with Crippen LogP contribution < -0.4 is 5.32 Å². The van der Waals surface area contributed by atoms with Crippen molar-refractivity contribution in [2.75, 3.05) is 13.2 Å². The Morgan fingerprint density at radius 1 is 0.365 bits per heavy atom. The molecule has 2 unspecified atom stereocenters. The van der Waals surface area contributed by atoms with Gasteiger partial charge in [0.05, 0.1) is 25.4 Å². The van der Waals surface area contributed by atoms with Gasteiger partial charge in [0.2, 0.25) is 5.91 Å². The molecule has 0 aromatic heterocycles. The number of rotatable bonds is 64. The predicted octanol–water partition coefficient (Wildman–Crippen LogP) is 21.6. The number of amides is 1. The van der Waals surface area contributed by atoms with E-state index in [0.717, 1.165) is 51.4 Å². The molecular weight excluding hydrogens is 911 g/mol. The maximum absolute atomic E-state index is 12.5. The Labute approximate surface area is 463 Å². The van der Waals surface area contributed by atoms with E-state index in [4.69, 9.17) is 4.74 Å². The van der Waals surface area contributed by atoms with E-state index in [1.54, 1.807) is 0 Å². The number of carbonyl (C=O) groups excluding carboxylic acids is 2. The Bertz CT molecular complexity index is 1110. The summed E-state index contributed by atoms with van der Waals surface area (Å²) in [5, 5.41) is 23.4. The normalized spacial score (nSPS) is 12.5. The third-order valence-corrected chi connectivity index (χ3v) is 16.1. The van der Waals surface area contributed by atoms with Crippen LogP contribution in [0.2, 0.25) is 0 Å². The second-order valence-corrected chi connectivity index (χ2v) is 23.5. The number of carbonyl (C=O) groups is 2. The number of unbranched alkanes of at least 4 members (excludes halogenated alkanes) is 51. The molecule has 0 aromatic carbocycles. The third-order valence-electron chi connectivity index (χ3n) is 16.1. The Balaban J connectivity index is 3.42. The molecule has 2 atom stereocenters. The van der Waals surface area contributed by atoms with Crippen molar-refractivity contribution in [3.8, 4) is 0 Å². The fourth-order valence-corrected chi connectivity index (χ4v) is 10.9. The molecule has 0 aliphatic heterocycles. The number of ether oxygens (including phenoxy) is 1. The SMILES string of the molecule is CCCCCCCCCCCCCCCCCCCCCCCC(O)C(CO)NC(=O)CCCCCCCCC/C=C\CCCCCCCCOC(=O)CCCCCCCCCCCCCCCCCCCCC. The van der Waals surface area contributed by atoms with Crippen LogP contribution in [-0.2, 0) is 14.3 Å². The smallest absolute Gasteiger partial charge is 0.305 e. The van der Waals surface area contributed by atoms with Crippen LogP contribution in [0, 0.1) is 0 Å². The molecule has 0 rings (SSSR count). The van der Waals surface area contributed by atoms with Gasteiger partial charge in [0.1, 0.15) is 0 Å². The van der Waals surface area contributed by atoms with Gasteiger partial charge in [-0.1, -0.05) is 334 Å². The topological polar surface area (TPSA) is 95.9 Å². The lowest BCUT2D eigenvalue weighted by Crippen LogP contribution is -2.45. The lowest BCUT2D eigenvalue weighted by molar-refractivity contribution is -0.143. The van der Waals surface area contributed by atoms with E-state index in [9.17, 15) is 19.8 Å². The number of allylic oxidation sites excluding steroid dienone is 2. The Morgan fingerprint density at radius 2 is 0.635 bits per heavy atom. The highest BCUT2D eigenvalue weighted by atomic mass is 16.5. The van der Waals surface area contributed by atoms with Crippen LogP contribution in [-0.4, -0.2) is 47.4 Å². The molecule has 0 aliphatic carbocycles. The van der Waals surface area contributed by atoms with Gasteiger partial charge in [-0.2, -0.15) is 0 Å². The average molecular weight is 1040 g/mol. The van der Waals surface area contributed by atoms with Gasteiger partial charge < -0.3 is 20.3 Å². The fraction of sp³-hybridized carbons (Fsp3) is 0.941. The van der Waals surface area contributed by atoms with Crippen molar-refractivity contribution in [3.05, 3.63) is 12.2 Å². The zero-order valence-electron chi connectivity index (χ0n) is 50.4. The third kappa shape index (κ3) is 59.8. The Hall–Kier alpha value is -1.40. The molecule has 6 nitrogen and oxygen atoms in total. The summed E-state index contributed by atoms with van der Waals surface area (Å²) in [6, 6.07) is -0.551. The molecule has 440 valence electrons. The average Bonchev–Trinajstić information content (AvgIpc) is 3.40. The van der Waals surface area contributed by atoms with Crippen molar-refractivity contribution < 1.29 is 24.5 Å². The van der Waals surface area contributed by atoms with Crippen LogP contribution >= 0.6 is 0 Å². The van der Waals surface area contributed by atoms with Gasteiger partial charge in [-0.25, -0.2) is 0 Å². The zero-order valence-corrected chi connectivity index (χ0v) is 50.4. The molecular formula is C68H133NO5. The number of hydrogen-bond acceptors (Lipinski definition) is 5. The van der Waals surface area contributed by atoms with Crippen LogP contribution in [0.25, 0.3) is 0 Å². The summed E-state index contributed by atoms with van der Waals surface area (Å²) in [4.78, 5) is 24.6. The van der Waals surface area contributed by atoms with Gasteiger partial charge in [0, 0.05) is 12.8 Å². The molecule has 0 fully saturated rings. The summed E-state index contributed by atoms with van der Waals surface area (Å²) in [6.07, 6.45) is 78.1. The summed E-state index contributed by atoms with van der Waals surface area (Å²) >= 11 is 0. The van der Waals surface area contributed by atoms with Crippen molar-refractivity contribution >= 4 is 11.9 Å². The molecule has 1 amide bonds. The highest BCUT2D eigenvalue weighted by molar-refractivity contribution is 5.76. The second kappa shape index (κ2) is 64.1. The Morgan fingerprint density at radius 3 is 0.959 bits per heavy atom. The van der Waals surface area contributed by atoms with Gasteiger partial charge in [-0.05, 0) is 51.4 Å². The van der Waals surface area contributed by atoms with Crippen LogP contribution in [0.5, 0.6) is 0 Å². The Kier molecular flexibility index (Phi) is 62.9. The predicted molar refractivity (Wildman–Crippen MR) is 324 cm³/mol.